The lowest BCUT2D eigenvalue weighted by atomic mass is 10.0. The van der Waals surface area contributed by atoms with E-state index in [9.17, 15) is 15.3 Å². The third kappa shape index (κ3) is 8.99. The van der Waals surface area contributed by atoms with Crippen molar-refractivity contribution in [3.05, 3.63) is 28.8 Å². The van der Waals surface area contributed by atoms with Crippen molar-refractivity contribution < 1.29 is 20.1 Å². The van der Waals surface area contributed by atoms with Gasteiger partial charge >= 0.3 is 0 Å². The van der Waals surface area contributed by atoms with Gasteiger partial charge in [-0.05, 0) is 43.0 Å². The van der Waals surface area contributed by atoms with Gasteiger partial charge < -0.3 is 25.4 Å². The van der Waals surface area contributed by atoms with Gasteiger partial charge in [0.2, 0.25) is 0 Å². The molecule has 26 heavy (non-hydrogen) atoms. The first-order valence-electron chi connectivity index (χ1n) is 10.1. The Labute approximate surface area is 158 Å². The molecule has 0 atom stereocenters. The van der Waals surface area contributed by atoms with Gasteiger partial charge in [-0.1, -0.05) is 45.1 Å². The van der Waals surface area contributed by atoms with E-state index in [0.29, 0.717) is 12.1 Å². The summed E-state index contributed by atoms with van der Waals surface area (Å²) in [5.74, 6) is 0.0798. The highest BCUT2D eigenvalue weighted by Crippen LogP contribution is 2.25. The molecule has 0 saturated carbocycles. The van der Waals surface area contributed by atoms with E-state index in [-0.39, 0.29) is 19.0 Å². The van der Waals surface area contributed by atoms with Gasteiger partial charge in [-0.2, -0.15) is 0 Å². The lowest BCUT2D eigenvalue weighted by molar-refractivity contribution is 0.126. The maximum Gasteiger partial charge on any atom is 0.121 e. The molecule has 1 rings (SSSR count). The second-order valence-corrected chi connectivity index (χ2v) is 6.78. The summed E-state index contributed by atoms with van der Waals surface area (Å²) < 4.78 is 5.64. The number of benzene rings is 1. The average Bonchev–Trinajstić information content (AvgIpc) is 2.65. The fraction of sp³-hybridized carbons (Fsp3) is 0.714. The number of phenols is 1. The van der Waals surface area contributed by atoms with Crippen molar-refractivity contribution in [3.63, 3.8) is 0 Å². The number of ether oxygens (including phenoxy) is 1. The van der Waals surface area contributed by atoms with E-state index in [0.717, 1.165) is 50.1 Å². The second kappa shape index (κ2) is 15.0. The number of hydrogen-bond donors (Lipinski definition) is 4. The molecule has 1 aromatic rings. The summed E-state index contributed by atoms with van der Waals surface area (Å²) in [6.07, 6.45) is 9.55. The molecule has 0 aromatic heterocycles. The number of rotatable bonds is 16. The topological polar surface area (TPSA) is 82.0 Å². The zero-order valence-corrected chi connectivity index (χ0v) is 16.3. The number of aliphatic hydroxyl groups excluding tert-OH is 2. The maximum absolute atomic E-state index is 9.83. The Hall–Kier alpha value is -1.14. The largest absolute Gasteiger partial charge is 0.508 e. The van der Waals surface area contributed by atoms with Crippen LogP contribution in [0.15, 0.2) is 12.1 Å². The predicted octanol–water partition coefficient (Wildman–Crippen LogP) is 3.62. The van der Waals surface area contributed by atoms with Gasteiger partial charge in [0.15, 0.2) is 0 Å². The van der Waals surface area contributed by atoms with Crippen LogP contribution in [0.5, 0.6) is 5.75 Å². The maximum atomic E-state index is 9.83. The Morgan fingerprint density at radius 1 is 0.846 bits per heavy atom. The van der Waals surface area contributed by atoms with Crippen molar-refractivity contribution in [2.45, 2.75) is 78.0 Å². The fourth-order valence-corrected chi connectivity index (χ4v) is 3.03. The van der Waals surface area contributed by atoms with Gasteiger partial charge in [0, 0.05) is 25.3 Å². The first-order chi connectivity index (χ1) is 12.7. The molecule has 5 nitrogen and oxygen atoms in total. The molecule has 0 aliphatic carbocycles. The van der Waals surface area contributed by atoms with Crippen LogP contribution in [0.3, 0.4) is 0 Å². The monoisotopic (exact) mass is 367 g/mol. The number of nitrogens with one attached hydrogen (secondary N) is 1. The van der Waals surface area contributed by atoms with E-state index in [2.05, 4.69) is 12.2 Å². The molecule has 0 fully saturated rings. The Morgan fingerprint density at radius 3 is 2.19 bits per heavy atom. The molecule has 0 unspecified atom stereocenters. The van der Waals surface area contributed by atoms with E-state index in [1.54, 1.807) is 6.07 Å². The van der Waals surface area contributed by atoms with Gasteiger partial charge in [0.1, 0.15) is 5.75 Å². The molecule has 0 saturated heterocycles. The van der Waals surface area contributed by atoms with Crippen LogP contribution >= 0.6 is 0 Å². The number of hydrogen-bond acceptors (Lipinski definition) is 5. The van der Waals surface area contributed by atoms with E-state index in [1.807, 2.05) is 0 Å². The van der Waals surface area contributed by atoms with Gasteiger partial charge in [0.25, 0.3) is 0 Å². The first-order valence-corrected chi connectivity index (χ1v) is 10.1. The summed E-state index contributed by atoms with van der Waals surface area (Å²) in [6, 6.07) is 3.22. The third-order valence-corrected chi connectivity index (χ3v) is 4.67. The van der Waals surface area contributed by atoms with Crippen molar-refractivity contribution in [1.29, 1.82) is 0 Å². The molecule has 0 aliphatic heterocycles. The molecule has 0 radical (unpaired) electrons. The van der Waals surface area contributed by atoms with Gasteiger partial charge in [-0.3, -0.25) is 0 Å². The second-order valence-electron chi connectivity index (χ2n) is 6.78. The van der Waals surface area contributed by atoms with Crippen LogP contribution in [0.2, 0.25) is 0 Å². The molecule has 4 N–H and O–H groups in total. The van der Waals surface area contributed by atoms with Crippen LogP contribution < -0.4 is 5.32 Å². The van der Waals surface area contributed by atoms with E-state index < -0.39 is 0 Å². The average molecular weight is 368 g/mol. The standard InChI is InChI=1S/C21H37NO4/c1-2-3-4-8-13-26-14-9-6-5-7-12-22-15-19-18(16-23)10-11-21(25)20(19)17-24/h10-11,22-25H,2-9,12-17H2,1H3. The molecule has 0 amide bonds. The zero-order valence-electron chi connectivity index (χ0n) is 16.3. The summed E-state index contributed by atoms with van der Waals surface area (Å²) in [4.78, 5) is 0. The van der Waals surface area contributed by atoms with Crippen molar-refractivity contribution in [2.24, 2.45) is 0 Å². The molecule has 0 bridgehead atoms. The Kier molecular flexibility index (Phi) is 13.2. The minimum atomic E-state index is -0.227. The Bertz CT molecular complexity index is 479. The minimum Gasteiger partial charge on any atom is -0.508 e. The number of unbranched alkanes of at least 4 members (excludes halogenated alkanes) is 6. The highest BCUT2D eigenvalue weighted by Gasteiger charge is 2.11. The van der Waals surface area contributed by atoms with Gasteiger partial charge in [-0.15, -0.1) is 0 Å². The SMILES string of the molecule is CCCCCCOCCCCCCNCc1c(CO)ccc(O)c1CO. The normalized spacial score (nSPS) is 11.2. The van der Waals surface area contributed by atoms with Gasteiger partial charge in [-0.25, -0.2) is 0 Å². The molecule has 0 spiro atoms. The molecular weight excluding hydrogens is 330 g/mol. The quantitative estimate of drug-likeness (QED) is 0.336. The van der Waals surface area contributed by atoms with Gasteiger partial charge in [0.05, 0.1) is 13.2 Å². The summed E-state index contributed by atoms with van der Waals surface area (Å²) in [5, 5.41) is 32.1. The van der Waals surface area contributed by atoms with Crippen molar-refractivity contribution in [2.75, 3.05) is 19.8 Å². The summed E-state index contributed by atoms with van der Waals surface area (Å²) in [5.41, 5.74) is 2.04. The van der Waals surface area contributed by atoms with E-state index in [4.69, 9.17) is 4.74 Å². The van der Waals surface area contributed by atoms with Crippen LogP contribution in [-0.4, -0.2) is 35.1 Å². The highest BCUT2D eigenvalue weighted by atomic mass is 16.5. The van der Waals surface area contributed by atoms with Crippen LogP contribution in [-0.2, 0) is 24.5 Å². The zero-order chi connectivity index (χ0) is 19.0. The molecule has 0 aliphatic rings. The molecular formula is C21H37NO4. The van der Waals surface area contributed by atoms with Crippen LogP contribution in [0.4, 0.5) is 0 Å². The predicted molar refractivity (Wildman–Crippen MR) is 105 cm³/mol. The summed E-state index contributed by atoms with van der Waals surface area (Å²) >= 11 is 0. The minimum absolute atomic E-state index is 0.0798. The fourth-order valence-electron chi connectivity index (χ4n) is 3.03. The van der Waals surface area contributed by atoms with Crippen LogP contribution in [0.1, 0.15) is 75.0 Å². The Morgan fingerprint density at radius 2 is 1.54 bits per heavy atom. The lowest BCUT2D eigenvalue weighted by Gasteiger charge is -2.14. The van der Waals surface area contributed by atoms with E-state index >= 15 is 0 Å². The number of aliphatic hydroxyl groups is 2. The van der Waals surface area contributed by atoms with Crippen molar-refractivity contribution >= 4 is 0 Å². The first kappa shape index (κ1) is 22.9. The smallest absolute Gasteiger partial charge is 0.121 e. The number of aromatic hydroxyl groups is 1. The molecule has 150 valence electrons. The molecule has 1 aromatic carbocycles. The van der Waals surface area contributed by atoms with Crippen LogP contribution in [0.25, 0.3) is 0 Å². The highest BCUT2D eigenvalue weighted by molar-refractivity contribution is 5.43. The lowest BCUT2D eigenvalue weighted by Crippen LogP contribution is -2.17. The van der Waals surface area contributed by atoms with E-state index in [1.165, 1.54) is 38.2 Å². The van der Waals surface area contributed by atoms with Crippen molar-refractivity contribution in [1.82, 2.24) is 5.32 Å². The molecule has 5 heteroatoms. The third-order valence-electron chi connectivity index (χ3n) is 4.67. The van der Waals surface area contributed by atoms with Crippen molar-refractivity contribution in [3.8, 4) is 5.75 Å². The summed E-state index contributed by atoms with van der Waals surface area (Å²) in [7, 11) is 0. The summed E-state index contributed by atoms with van der Waals surface area (Å²) in [6.45, 7) is 5.08. The Balaban J connectivity index is 2.08. The van der Waals surface area contributed by atoms with Crippen LogP contribution in [0, 0.1) is 0 Å². The molecule has 0 heterocycles.